The lowest BCUT2D eigenvalue weighted by molar-refractivity contribution is -0.161. The average molecular weight is 1310 g/mol. The molecule has 19 heteroatoms. The maximum atomic E-state index is 13.0. The summed E-state index contributed by atoms with van der Waals surface area (Å²) in [5.74, 6) is 0.175. The summed E-state index contributed by atoms with van der Waals surface area (Å²) in [6.45, 7) is 11.8. The molecule has 528 valence electrons. The van der Waals surface area contributed by atoms with E-state index in [1.54, 1.807) is 0 Å². The molecule has 0 aliphatic heterocycles. The minimum absolute atomic E-state index is 0.102. The quantitative estimate of drug-likeness (QED) is 0.0222. The Morgan fingerprint density at radius 2 is 0.573 bits per heavy atom. The van der Waals surface area contributed by atoms with Gasteiger partial charge in [-0.25, -0.2) is 9.13 Å². The van der Waals surface area contributed by atoms with E-state index in [-0.39, 0.29) is 25.7 Å². The van der Waals surface area contributed by atoms with Crippen molar-refractivity contribution in [2.75, 3.05) is 39.6 Å². The topological polar surface area (TPSA) is 237 Å². The van der Waals surface area contributed by atoms with Crippen molar-refractivity contribution in [3.05, 3.63) is 0 Å². The highest BCUT2D eigenvalue weighted by molar-refractivity contribution is 7.47. The van der Waals surface area contributed by atoms with Crippen molar-refractivity contribution in [1.82, 2.24) is 0 Å². The molecule has 6 atom stereocenters. The minimum Gasteiger partial charge on any atom is -0.462 e. The first-order valence-electron chi connectivity index (χ1n) is 36.4. The van der Waals surface area contributed by atoms with Crippen LogP contribution in [0, 0.1) is 17.8 Å². The summed E-state index contributed by atoms with van der Waals surface area (Å²) in [7, 11) is -9.89. The highest BCUT2D eigenvalue weighted by atomic mass is 31.2. The smallest absolute Gasteiger partial charge is 0.462 e. The second kappa shape index (κ2) is 61.0. The van der Waals surface area contributed by atoms with Crippen LogP contribution in [0.2, 0.25) is 0 Å². The first-order chi connectivity index (χ1) is 42.8. The maximum absolute atomic E-state index is 13.0. The molecular formula is C70H136O17P2. The molecule has 0 aromatic rings. The van der Waals surface area contributed by atoms with Crippen LogP contribution < -0.4 is 0 Å². The summed E-state index contributed by atoms with van der Waals surface area (Å²) in [5, 5.41) is 10.6. The van der Waals surface area contributed by atoms with Gasteiger partial charge in [0.15, 0.2) is 12.2 Å². The van der Waals surface area contributed by atoms with Gasteiger partial charge in [-0.15, -0.1) is 0 Å². The van der Waals surface area contributed by atoms with Gasteiger partial charge >= 0.3 is 39.5 Å². The number of aliphatic hydroxyl groups excluding tert-OH is 1. The Morgan fingerprint density at radius 3 is 0.854 bits per heavy atom. The highest BCUT2D eigenvalue weighted by Crippen LogP contribution is 2.45. The SMILES string of the molecule is CCCCCCCC(=O)OC[C@H](COP(=O)(O)OC[C@H](O)COP(=O)(O)OC[C@@H](COC(=O)CCCCCCCCCCCCCCCCC(C)C)OC(=O)CCCCCCCCCCCCCCCCC(C)C)OC(=O)CCCCCCCCC(C)CC. The maximum Gasteiger partial charge on any atom is 0.472 e. The lowest BCUT2D eigenvalue weighted by atomic mass is 10.00. The minimum atomic E-state index is -4.95. The van der Waals surface area contributed by atoms with Crippen LogP contribution in [-0.4, -0.2) is 96.7 Å². The first-order valence-corrected chi connectivity index (χ1v) is 39.4. The van der Waals surface area contributed by atoms with Crippen molar-refractivity contribution in [2.24, 2.45) is 17.8 Å². The first kappa shape index (κ1) is 87.1. The van der Waals surface area contributed by atoms with Gasteiger partial charge in [-0.05, 0) is 43.4 Å². The molecule has 3 N–H and O–H groups in total. The third-order valence-electron chi connectivity index (χ3n) is 16.5. The summed E-state index contributed by atoms with van der Waals surface area (Å²) in [4.78, 5) is 72.2. The van der Waals surface area contributed by atoms with Gasteiger partial charge < -0.3 is 33.8 Å². The van der Waals surface area contributed by atoms with Crippen molar-refractivity contribution < 1.29 is 80.2 Å². The zero-order valence-corrected chi connectivity index (χ0v) is 59.7. The monoisotopic (exact) mass is 1310 g/mol. The fraction of sp³-hybridized carbons (Fsp3) is 0.943. The second-order valence-corrected chi connectivity index (χ2v) is 29.4. The molecule has 0 saturated heterocycles. The predicted molar refractivity (Wildman–Crippen MR) is 358 cm³/mol. The molecule has 0 bridgehead atoms. The Bertz CT molecular complexity index is 1750. The van der Waals surface area contributed by atoms with Crippen molar-refractivity contribution >= 4 is 39.5 Å². The lowest BCUT2D eigenvalue weighted by Crippen LogP contribution is -2.30. The van der Waals surface area contributed by atoms with Crippen molar-refractivity contribution in [3.8, 4) is 0 Å². The van der Waals surface area contributed by atoms with Crippen molar-refractivity contribution in [2.45, 2.75) is 369 Å². The van der Waals surface area contributed by atoms with E-state index in [0.717, 1.165) is 114 Å². The third kappa shape index (κ3) is 63.2. The standard InChI is InChI=1S/C70H136O17P2/c1-8-10-11-34-44-51-67(72)80-57-65(87-70(75)54-47-40-33-32-37-43-50-63(7)9-2)59-84-88(76,77)82-55-64(71)56-83-89(78,79)85-60-66(86-69(74)53-46-39-31-27-23-19-15-13-17-21-25-29-36-42-49-62(5)6)58-81-68(73)52-45-38-30-26-22-18-14-12-16-20-24-28-35-41-48-61(3)4/h61-66,71H,8-60H2,1-7H3,(H,76,77)(H,78,79)/t63?,64-,65+,66+/m0/s1. The number of unbranched alkanes of at least 4 members (excludes halogenated alkanes) is 35. The van der Waals surface area contributed by atoms with Gasteiger partial charge in [0.1, 0.15) is 19.3 Å². The molecule has 3 unspecified atom stereocenters. The van der Waals surface area contributed by atoms with E-state index < -0.39 is 97.5 Å². The molecule has 0 radical (unpaired) electrons. The average Bonchev–Trinajstić information content (AvgIpc) is 3.68. The highest BCUT2D eigenvalue weighted by Gasteiger charge is 2.30. The molecule has 0 saturated carbocycles. The van der Waals surface area contributed by atoms with Gasteiger partial charge in [0.2, 0.25) is 0 Å². The fourth-order valence-corrected chi connectivity index (χ4v) is 12.1. The number of phosphoric ester groups is 2. The zero-order chi connectivity index (χ0) is 65.9. The molecule has 0 rings (SSSR count). The Hall–Kier alpha value is -1.94. The van der Waals surface area contributed by atoms with Crippen LogP contribution in [-0.2, 0) is 65.4 Å². The number of hydrogen-bond donors (Lipinski definition) is 3. The van der Waals surface area contributed by atoms with Crippen LogP contribution in [0.3, 0.4) is 0 Å². The summed E-state index contributed by atoms with van der Waals surface area (Å²) in [6.07, 6.45) is 44.9. The van der Waals surface area contributed by atoms with Crippen molar-refractivity contribution in [1.29, 1.82) is 0 Å². The molecular weight excluding hydrogens is 1170 g/mol. The van der Waals surface area contributed by atoms with Crippen LogP contribution in [0.5, 0.6) is 0 Å². The van der Waals surface area contributed by atoms with Gasteiger partial charge in [-0.3, -0.25) is 37.3 Å². The number of carbonyl (C=O) groups excluding carboxylic acids is 4. The molecule has 0 heterocycles. The molecule has 89 heavy (non-hydrogen) atoms. The van der Waals surface area contributed by atoms with E-state index in [2.05, 4.69) is 48.5 Å². The van der Waals surface area contributed by atoms with Gasteiger partial charge in [-0.2, -0.15) is 0 Å². The zero-order valence-electron chi connectivity index (χ0n) is 57.9. The molecule has 0 aliphatic carbocycles. The van der Waals surface area contributed by atoms with E-state index in [4.69, 9.17) is 37.0 Å². The molecule has 0 fully saturated rings. The van der Waals surface area contributed by atoms with Crippen molar-refractivity contribution in [3.63, 3.8) is 0 Å². The summed E-state index contributed by atoms with van der Waals surface area (Å²) < 4.78 is 68.0. The number of carbonyl (C=O) groups is 4. The van der Waals surface area contributed by atoms with Crippen LogP contribution in [0.4, 0.5) is 0 Å². The van der Waals surface area contributed by atoms with Crippen LogP contribution in [0.15, 0.2) is 0 Å². The third-order valence-corrected chi connectivity index (χ3v) is 18.4. The van der Waals surface area contributed by atoms with E-state index >= 15 is 0 Å². The largest absolute Gasteiger partial charge is 0.472 e. The molecule has 0 aromatic carbocycles. The number of phosphoric acid groups is 2. The van der Waals surface area contributed by atoms with Gasteiger partial charge in [0.25, 0.3) is 0 Å². The van der Waals surface area contributed by atoms with E-state index in [0.29, 0.717) is 25.7 Å². The number of aliphatic hydroxyl groups is 1. The van der Waals surface area contributed by atoms with Crippen LogP contribution in [0.1, 0.15) is 350 Å². The second-order valence-electron chi connectivity index (χ2n) is 26.5. The Balaban J connectivity index is 5.16. The summed E-state index contributed by atoms with van der Waals surface area (Å²) in [5.41, 5.74) is 0. The Kier molecular flexibility index (Phi) is 59.6. The lowest BCUT2D eigenvalue weighted by Gasteiger charge is -2.21. The molecule has 17 nitrogen and oxygen atoms in total. The predicted octanol–water partition coefficient (Wildman–Crippen LogP) is 19.8. The molecule has 0 aromatic heterocycles. The number of esters is 4. The van der Waals surface area contributed by atoms with Gasteiger partial charge in [0.05, 0.1) is 26.4 Å². The van der Waals surface area contributed by atoms with Gasteiger partial charge in [0, 0.05) is 25.7 Å². The van der Waals surface area contributed by atoms with E-state index in [1.165, 1.54) is 154 Å². The number of rotatable bonds is 68. The van der Waals surface area contributed by atoms with Gasteiger partial charge in [-0.1, -0.05) is 299 Å². The summed E-state index contributed by atoms with van der Waals surface area (Å²) >= 11 is 0. The molecule has 0 aliphatic rings. The van der Waals surface area contributed by atoms with Crippen LogP contribution >= 0.6 is 15.6 Å². The molecule has 0 amide bonds. The normalized spacial score (nSPS) is 14.5. The van der Waals surface area contributed by atoms with E-state index in [1.807, 2.05) is 0 Å². The fourth-order valence-electron chi connectivity index (χ4n) is 10.5. The number of ether oxygens (including phenoxy) is 4. The Morgan fingerprint density at radius 1 is 0.326 bits per heavy atom. The molecule has 0 spiro atoms. The van der Waals surface area contributed by atoms with Crippen LogP contribution in [0.25, 0.3) is 0 Å². The Labute approximate surface area is 543 Å². The summed E-state index contributed by atoms with van der Waals surface area (Å²) in [6, 6.07) is 0. The number of hydrogen-bond acceptors (Lipinski definition) is 15. The van der Waals surface area contributed by atoms with E-state index in [9.17, 15) is 43.2 Å².